The average Bonchev–Trinajstić information content (AvgIpc) is 3.03. The van der Waals surface area contributed by atoms with Crippen LogP contribution in [0, 0.1) is 6.92 Å². The van der Waals surface area contributed by atoms with Crippen LogP contribution >= 0.6 is 0 Å². The Hall–Kier alpha value is -2.43. The van der Waals surface area contributed by atoms with Gasteiger partial charge in [0.1, 0.15) is 6.10 Å². The van der Waals surface area contributed by atoms with Gasteiger partial charge in [0.25, 0.3) is 0 Å². The van der Waals surface area contributed by atoms with E-state index in [2.05, 4.69) is 0 Å². The molecule has 23 heavy (non-hydrogen) atoms. The molecule has 0 saturated heterocycles. The number of carbonyl (C=O) groups excluding carboxylic acids is 3. The molecule has 0 aromatic heterocycles. The molecule has 5 heteroatoms. The van der Waals surface area contributed by atoms with E-state index in [9.17, 15) is 14.4 Å². The number of hydrogen-bond acceptors (Lipinski definition) is 5. The van der Waals surface area contributed by atoms with Crippen molar-refractivity contribution in [3.63, 3.8) is 0 Å². The van der Waals surface area contributed by atoms with Gasteiger partial charge < -0.3 is 9.47 Å². The fraction of sp³-hybridized carbons (Fsp3) is 0.389. The normalized spacial score (nSPS) is 14.8. The predicted molar refractivity (Wildman–Crippen MR) is 84.0 cm³/mol. The maximum absolute atomic E-state index is 11.9. The molecule has 0 bridgehead atoms. The van der Waals surface area contributed by atoms with E-state index in [0.717, 1.165) is 43.4 Å². The highest BCUT2D eigenvalue weighted by molar-refractivity contribution is 5.99. The van der Waals surface area contributed by atoms with Gasteiger partial charge in [-0.1, -0.05) is 23.8 Å². The van der Waals surface area contributed by atoms with Crippen LogP contribution in [-0.2, 0) is 19.1 Å². The number of carbonyl (C=O) groups is 3. The van der Waals surface area contributed by atoms with Crippen molar-refractivity contribution in [3.8, 4) is 0 Å². The van der Waals surface area contributed by atoms with Gasteiger partial charge in [0.2, 0.25) is 0 Å². The van der Waals surface area contributed by atoms with E-state index in [-0.39, 0.29) is 18.5 Å². The first kappa shape index (κ1) is 16.9. The highest BCUT2D eigenvalue weighted by atomic mass is 16.5. The molecule has 1 saturated carbocycles. The van der Waals surface area contributed by atoms with Crippen LogP contribution in [0.2, 0.25) is 0 Å². The standard InChI is InChI=1S/C18H20O5/c1-13-5-4-6-14(11-13)16(19)12-22-17(20)9-10-18(21)23-15-7-2-3-8-15/h4-6,9-11,15H,2-3,7-8,12H2,1H3/b10-9+. The van der Waals surface area contributed by atoms with Crippen molar-refractivity contribution in [3.05, 3.63) is 47.5 Å². The third kappa shape index (κ3) is 5.70. The van der Waals surface area contributed by atoms with Crippen LogP contribution < -0.4 is 0 Å². The summed E-state index contributed by atoms with van der Waals surface area (Å²) < 4.78 is 10.0. The second-order valence-corrected chi connectivity index (χ2v) is 5.58. The number of esters is 2. The highest BCUT2D eigenvalue weighted by Crippen LogP contribution is 2.20. The van der Waals surface area contributed by atoms with Gasteiger partial charge in [-0.2, -0.15) is 0 Å². The molecular weight excluding hydrogens is 296 g/mol. The van der Waals surface area contributed by atoms with Gasteiger partial charge in [0, 0.05) is 17.7 Å². The molecule has 0 amide bonds. The third-order valence-electron chi connectivity index (χ3n) is 3.63. The molecule has 2 rings (SSSR count). The van der Waals surface area contributed by atoms with E-state index in [4.69, 9.17) is 9.47 Å². The number of Topliss-reactive ketones (excluding diaryl/α,β-unsaturated/α-hetero) is 1. The summed E-state index contributed by atoms with van der Waals surface area (Å²) >= 11 is 0. The van der Waals surface area contributed by atoms with Crippen LogP contribution in [0.5, 0.6) is 0 Å². The van der Waals surface area contributed by atoms with E-state index >= 15 is 0 Å². The summed E-state index contributed by atoms with van der Waals surface area (Å²) in [5, 5.41) is 0. The lowest BCUT2D eigenvalue weighted by molar-refractivity contribution is -0.143. The lowest BCUT2D eigenvalue weighted by Gasteiger charge is -2.08. The molecule has 0 spiro atoms. The van der Waals surface area contributed by atoms with Crippen LogP contribution in [0.25, 0.3) is 0 Å². The van der Waals surface area contributed by atoms with Gasteiger partial charge in [-0.15, -0.1) is 0 Å². The number of aryl methyl sites for hydroxylation is 1. The quantitative estimate of drug-likeness (QED) is 0.458. The summed E-state index contributed by atoms with van der Waals surface area (Å²) in [5.41, 5.74) is 1.44. The monoisotopic (exact) mass is 316 g/mol. The smallest absolute Gasteiger partial charge is 0.331 e. The number of rotatable bonds is 6. The number of benzene rings is 1. The van der Waals surface area contributed by atoms with Crippen LogP contribution in [-0.4, -0.2) is 30.4 Å². The second kappa shape index (κ2) is 8.27. The van der Waals surface area contributed by atoms with Gasteiger partial charge in [0.15, 0.2) is 12.4 Å². The van der Waals surface area contributed by atoms with Gasteiger partial charge in [0.05, 0.1) is 0 Å². The minimum Gasteiger partial charge on any atom is -0.459 e. The highest BCUT2D eigenvalue weighted by Gasteiger charge is 2.18. The molecule has 1 fully saturated rings. The van der Waals surface area contributed by atoms with Crippen molar-refractivity contribution in [2.75, 3.05) is 6.61 Å². The van der Waals surface area contributed by atoms with Crippen LogP contribution in [0.15, 0.2) is 36.4 Å². The number of ketones is 1. The van der Waals surface area contributed by atoms with Crippen LogP contribution in [0.4, 0.5) is 0 Å². The molecule has 0 atom stereocenters. The summed E-state index contributed by atoms with van der Waals surface area (Å²) in [6, 6.07) is 7.04. The Labute approximate surface area is 135 Å². The zero-order valence-electron chi connectivity index (χ0n) is 13.1. The fourth-order valence-corrected chi connectivity index (χ4v) is 2.43. The molecule has 0 radical (unpaired) electrons. The topological polar surface area (TPSA) is 69.7 Å². The van der Waals surface area contributed by atoms with Gasteiger partial charge in [-0.25, -0.2) is 9.59 Å². The minimum atomic E-state index is -0.741. The average molecular weight is 316 g/mol. The van der Waals surface area contributed by atoms with E-state index in [0.29, 0.717) is 5.56 Å². The Morgan fingerprint density at radius 1 is 1.13 bits per heavy atom. The lowest BCUT2D eigenvalue weighted by atomic mass is 10.1. The molecule has 1 aliphatic carbocycles. The van der Waals surface area contributed by atoms with E-state index in [1.54, 1.807) is 18.2 Å². The van der Waals surface area contributed by atoms with Crippen molar-refractivity contribution in [2.24, 2.45) is 0 Å². The summed E-state index contributed by atoms with van der Waals surface area (Å²) in [4.78, 5) is 34.9. The Kier molecular flexibility index (Phi) is 6.09. The molecule has 5 nitrogen and oxygen atoms in total. The lowest BCUT2D eigenvalue weighted by Crippen LogP contribution is -2.14. The summed E-state index contributed by atoms with van der Waals surface area (Å²) in [7, 11) is 0. The predicted octanol–water partition coefficient (Wildman–Crippen LogP) is 2.76. The van der Waals surface area contributed by atoms with Crippen LogP contribution in [0.1, 0.15) is 41.6 Å². The van der Waals surface area contributed by atoms with Crippen molar-refractivity contribution in [1.82, 2.24) is 0 Å². The van der Waals surface area contributed by atoms with E-state index in [1.165, 1.54) is 0 Å². The molecule has 1 aromatic carbocycles. The fourth-order valence-electron chi connectivity index (χ4n) is 2.43. The summed E-state index contributed by atoms with van der Waals surface area (Å²) in [6.07, 6.45) is 5.84. The van der Waals surface area contributed by atoms with Crippen LogP contribution in [0.3, 0.4) is 0 Å². The number of hydrogen-bond donors (Lipinski definition) is 0. The summed E-state index contributed by atoms with van der Waals surface area (Å²) in [6.45, 7) is 1.52. The molecule has 0 aliphatic heterocycles. The van der Waals surface area contributed by atoms with Gasteiger partial charge >= 0.3 is 11.9 Å². The number of ether oxygens (including phenoxy) is 2. The van der Waals surface area contributed by atoms with E-state index < -0.39 is 11.9 Å². The summed E-state index contributed by atoms with van der Waals surface area (Å²) in [5.74, 6) is -1.59. The van der Waals surface area contributed by atoms with Gasteiger partial charge in [-0.3, -0.25) is 4.79 Å². The first-order valence-electron chi connectivity index (χ1n) is 7.70. The largest absolute Gasteiger partial charge is 0.459 e. The molecule has 1 aromatic rings. The van der Waals surface area contributed by atoms with Crippen molar-refractivity contribution in [1.29, 1.82) is 0 Å². The van der Waals surface area contributed by atoms with Crippen molar-refractivity contribution in [2.45, 2.75) is 38.7 Å². The van der Waals surface area contributed by atoms with Gasteiger partial charge in [-0.05, 0) is 38.7 Å². The van der Waals surface area contributed by atoms with E-state index in [1.807, 2.05) is 13.0 Å². The molecule has 0 unspecified atom stereocenters. The molecule has 1 aliphatic rings. The second-order valence-electron chi connectivity index (χ2n) is 5.58. The first-order chi connectivity index (χ1) is 11.0. The van der Waals surface area contributed by atoms with Crippen molar-refractivity contribution < 1.29 is 23.9 Å². The Morgan fingerprint density at radius 2 is 1.83 bits per heavy atom. The molecular formula is C18H20O5. The zero-order chi connectivity index (χ0) is 16.7. The third-order valence-corrected chi connectivity index (χ3v) is 3.63. The Bertz CT molecular complexity index is 612. The maximum Gasteiger partial charge on any atom is 0.331 e. The molecule has 122 valence electrons. The Morgan fingerprint density at radius 3 is 2.52 bits per heavy atom. The first-order valence-corrected chi connectivity index (χ1v) is 7.70. The SMILES string of the molecule is Cc1cccc(C(=O)COC(=O)/C=C/C(=O)OC2CCCC2)c1. The Balaban J connectivity index is 1.74. The zero-order valence-corrected chi connectivity index (χ0v) is 13.1. The maximum atomic E-state index is 11.9. The van der Waals surface area contributed by atoms with Crippen molar-refractivity contribution >= 4 is 17.7 Å². The molecule has 0 heterocycles. The minimum absolute atomic E-state index is 0.0499. The molecule has 0 N–H and O–H groups in total.